The highest BCUT2D eigenvalue weighted by Crippen LogP contribution is 2.34. The van der Waals surface area contributed by atoms with Crippen LogP contribution in [0.3, 0.4) is 0 Å². The number of halogens is 2. The first-order chi connectivity index (χ1) is 16.0. The zero-order valence-corrected chi connectivity index (χ0v) is 18.7. The second-order valence-electron chi connectivity index (χ2n) is 7.70. The van der Waals surface area contributed by atoms with Crippen molar-refractivity contribution in [2.24, 2.45) is 0 Å². The summed E-state index contributed by atoms with van der Waals surface area (Å²) < 4.78 is 46.2. The number of nitrogens with zero attached hydrogens (tertiary/aromatic N) is 4. The summed E-state index contributed by atoms with van der Waals surface area (Å²) in [7, 11) is 3.34. The molecule has 4 rings (SSSR count). The molecule has 8 nitrogen and oxygen atoms in total. The Morgan fingerprint density at radius 1 is 1.21 bits per heavy atom. The van der Waals surface area contributed by atoms with Crippen LogP contribution >= 0.6 is 0 Å². The van der Waals surface area contributed by atoms with E-state index in [2.05, 4.69) is 37.7 Å². The van der Waals surface area contributed by atoms with E-state index in [1.807, 2.05) is 25.2 Å². The minimum atomic E-state index is -2.94. The van der Waals surface area contributed by atoms with Crippen molar-refractivity contribution in [2.45, 2.75) is 26.2 Å². The van der Waals surface area contributed by atoms with Crippen molar-refractivity contribution in [3.05, 3.63) is 48.4 Å². The van der Waals surface area contributed by atoms with Crippen LogP contribution in [0.4, 0.5) is 14.5 Å². The monoisotopic (exact) mass is 460 g/mol. The van der Waals surface area contributed by atoms with Gasteiger partial charge < -0.3 is 23.6 Å². The van der Waals surface area contributed by atoms with E-state index < -0.39 is 6.61 Å². The van der Waals surface area contributed by atoms with Crippen molar-refractivity contribution in [1.82, 2.24) is 15.0 Å². The Morgan fingerprint density at radius 3 is 2.79 bits per heavy atom. The average Bonchev–Trinajstić information content (AvgIpc) is 3.26. The topological polar surface area (TPSA) is 73.1 Å². The summed E-state index contributed by atoms with van der Waals surface area (Å²) in [6.07, 6.45) is -0.00104. The minimum Gasteiger partial charge on any atom is -0.493 e. The molecule has 3 aromatic rings. The van der Waals surface area contributed by atoms with Gasteiger partial charge in [-0.25, -0.2) is 0 Å². The van der Waals surface area contributed by atoms with Crippen LogP contribution in [0.15, 0.2) is 47.0 Å². The molecule has 0 radical (unpaired) electrons. The van der Waals surface area contributed by atoms with Crippen LogP contribution in [0.5, 0.6) is 17.2 Å². The van der Waals surface area contributed by atoms with E-state index in [0.29, 0.717) is 30.4 Å². The van der Waals surface area contributed by atoms with Crippen molar-refractivity contribution in [3.63, 3.8) is 0 Å². The number of aromatic nitrogens is 2. The largest absolute Gasteiger partial charge is 0.493 e. The lowest BCUT2D eigenvalue weighted by Crippen LogP contribution is -2.45. The van der Waals surface area contributed by atoms with Crippen LogP contribution < -0.4 is 19.1 Å². The molecule has 1 aromatic heterocycles. The highest BCUT2D eigenvalue weighted by atomic mass is 19.3. The van der Waals surface area contributed by atoms with Gasteiger partial charge in [0.1, 0.15) is 11.9 Å². The van der Waals surface area contributed by atoms with Gasteiger partial charge in [-0.1, -0.05) is 17.3 Å². The number of ether oxygens (including phenoxy) is 3. The second-order valence-corrected chi connectivity index (χ2v) is 7.70. The Kier molecular flexibility index (Phi) is 6.93. The number of anilines is 1. The van der Waals surface area contributed by atoms with Gasteiger partial charge in [-0.2, -0.15) is 13.8 Å². The SMILES string of the molecule is CCN1C[C@@H](CN(C)Cc2nc(-c3ccc(OC(F)F)c(OC)c3)no2)Oc2ccccc21. The Balaban J connectivity index is 1.40. The number of methoxy groups -OCH3 is 1. The summed E-state index contributed by atoms with van der Waals surface area (Å²) >= 11 is 0. The van der Waals surface area contributed by atoms with E-state index in [-0.39, 0.29) is 17.6 Å². The predicted molar refractivity (Wildman–Crippen MR) is 118 cm³/mol. The van der Waals surface area contributed by atoms with Crippen molar-refractivity contribution in [1.29, 1.82) is 0 Å². The fourth-order valence-electron chi connectivity index (χ4n) is 3.85. The van der Waals surface area contributed by atoms with Crippen molar-refractivity contribution < 1.29 is 27.5 Å². The number of fused-ring (bicyclic) bond motifs is 1. The van der Waals surface area contributed by atoms with E-state index in [1.54, 1.807) is 6.07 Å². The molecule has 0 aliphatic carbocycles. The first kappa shape index (κ1) is 22.8. The van der Waals surface area contributed by atoms with Gasteiger partial charge in [-0.05, 0) is 44.3 Å². The number of likely N-dealkylation sites (N-methyl/N-ethyl adjacent to an activating group) is 2. The summed E-state index contributed by atoms with van der Waals surface area (Å²) in [6.45, 7) is 1.99. The van der Waals surface area contributed by atoms with Crippen molar-refractivity contribution in [2.75, 3.05) is 38.7 Å². The third-order valence-corrected chi connectivity index (χ3v) is 5.33. The lowest BCUT2D eigenvalue weighted by atomic mass is 10.2. The number of benzene rings is 2. The molecular formula is C23H26F2N4O4. The standard InChI is InChI=1S/C23H26F2N4O4/c1-4-29-13-16(31-18-8-6-5-7-17(18)29)12-28(2)14-21-26-22(27-33-21)15-9-10-19(32-23(24)25)20(11-15)30-3/h5-11,16,23H,4,12-14H2,1-3H3/t16-/m1/s1. The van der Waals surface area contributed by atoms with Gasteiger partial charge in [-0.3, -0.25) is 4.90 Å². The molecule has 33 heavy (non-hydrogen) atoms. The summed E-state index contributed by atoms with van der Waals surface area (Å²) in [4.78, 5) is 8.79. The molecule has 1 aliphatic rings. The van der Waals surface area contributed by atoms with Crippen LogP contribution in [-0.2, 0) is 6.54 Å². The smallest absolute Gasteiger partial charge is 0.387 e. The zero-order chi connectivity index (χ0) is 23.4. The number of hydrogen-bond donors (Lipinski definition) is 0. The van der Waals surface area contributed by atoms with E-state index in [4.69, 9.17) is 14.0 Å². The molecule has 0 spiro atoms. The third-order valence-electron chi connectivity index (χ3n) is 5.33. The fourth-order valence-corrected chi connectivity index (χ4v) is 3.85. The quantitative estimate of drug-likeness (QED) is 0.473. The Hall–Kier alpha value is -3.40. The highest BCUT2D eigenvalue weighted by molar-refractivity contribution is 5.61. The molecular weight excluding hydrogens is 434 g/mol. The maximum atomic E-state index is 12.5. The molecule has 1 aliphatic heterocycles. The van der Waals surface area contributed by atoms with Gasteiger partial charge in [0.15, 0.2) is 11.5 Å². The molecule has 2 aromatic carbocycles. The average molecular weight is 460 g/mol. The molecule has 2 heterocycles. The normalized spacial score (nSPS) is 15.5. The summed E-state index contributed by atoms with van der Waals surface area (Å²) in [5, 5.41) is 4.01. The van der Waals surface area contributed by atoms with Gasteiger partial charge in [0.05, 0.1) is 25.9 Å². The highest BCUT2D eigenvalue weighted by Gasteiger charge is 2.26. The molecule has 0 amide bonds. The van der Waals surface area contributed by atoms with Crippen LogP contribution in [0.2, 0.25) is 0 Å². The molecule has 0 unspecified atom stereocenters. The maximum absolute atomic E-state index is 12.5. The zero-order valence-electron chi connectivity index (χ0n) is 18.7. The Labute approximate surface area is 190 Å². The molecule has 10 heteroatoms. The predicted octanol–water partition coefficient (Wildman–Crippen LogP) is 4.07. The molecule has 0 bridgehead atoms. The fraction of sp³-hybridized carbons (Fsp3) is 0.391. The van der Waals surface area contributed by atoms with Gasteiger partial charge >= 0.3 is 6.61 Å². The summed E-state index contributed by atoms with van der Waals surface area (Å²) in [5.41, 5.74) is 1.68. The van der Waals surface area contributed by atoms with Crippen LogP contribution in [0.1, 0.15) is 12.8 Å². The summed E-state index contributed by atoms with van der Waals surface area (Å²) in [5.74, 6) is 1.75. The maximum Gasteiger partial charge on any atom is 0.387 e. The van der Waals surface area contributed by atoms with Gasteiger partial charge in [0, 0.05) is 18.7 Å². The number of alkyl halides is 2. The summed E-state index contributed by atoms with van der Waals surface area (Å²) in [6, 6.07) is 12.5. The first-order valence-electron chi connectivity index (χ1n) is 10.6. The number of rotatable bonds is 9. The van der Waals surface area contributed by atoms with Crippen molar-refractivity contribution >= 4 is 5.69 Å². The van der Waals surface area contributed by atoms with Gasteiger partial charge in [0.25, 0.3) is 0 Å². The number of para-hydroxylation sites is 2. The van der Waals surface area contributed by atoms with Gasteiger partial charge in [0.2, 0.25) is 11.7 Å². The lowest BCUT2D eigenvalue weighted by molar-refractivity contribution is -0.0512. The minimum absolute atomic E-state index is 0.00104. The van der Waals surface area contributed by atoms with Crippen LogP contribution in [0.25, 0.3) is 11.4 Å². The molecule has 0 fully saturated rings. The van der Waals surface area contributed by atoms with E-state index in [0.717, 1.165) is 24.5 Å². The number of hydrogen-bond acceptors (Lipinski definition) is 8. The van der Waals surface area contributed by atoms with E-state index in [1.165, 1.54) is 19.2 Å². The molecule has 0 saturated carbocycles. The van der Waals surface area contributed by atoms with E-state index in [9.17, 15) is 8.78 Å². The Morgan fingerprint density at radius 2 is 2.03 bits per heavy atom. The van der Waals surface area contributed by atoms with Crippen LogP contribution in [-0.4, -0.2) is 61.5 Å². The van der Waals surface area contributed by atoms with E-state index >= 15 is 0 Å². The van der Waals surface area contributed by atoms with Crippen LogP contribution in [0, 0.1) is 0 Å². The molecule has 0 N–H and O–H groups in total. The van der Waals surface area contributed by atoms with Crippen molar-refractivity contribution in [3.8, 4) is 28.6 Å². The molecule has 1 atom stereocenters. The van der Waals surface area contributed by atoms with Gasteiger partial charge in [-0.15, -0.1) is 0 Å². The third kappa shape index (κ3) is 5.33. The first-order valence-corrected chi connectivity index (χ1v) is 10.6. The Bertz CT molecular complexity index is 1080. The molecule has 0 saturated heterocycles. The second kappa shape index (κ2) is 10.0. The lowest BCUT2D eigenvalue weighted by Gasteiger charge is -2.37. The molecule has 176 valence electrons.